The first kappa shape index (κ1) is 14.5. The molecule has 18 heavy (non-hydrogen) atoms. The van der Waals surface area contributed by atoms with Gasteiger partial charge in [-0.25, -0.2) is 0 Å². The number of hydrogen-bond acceptors (Lipinski definition) is 3. The molecule has 0 aromatic heterocycles. The van der Waals surface area contributed by atoms with Gasteiger partial charge in [-0.3, -0.25) is 4.79 Å². The topological polar surface area (TPSA) is 52.6 Å². The average Bonchev–Trinajstić information content (AvgIpc) is 2.57. The summed E-state index contributed by atoms with van der Waals surface area (Å²) in [6.07, 6.45) is 1.24. The third-order valence-electron chi connectivity index (χ3n) is 2.80. The minimum absolute atomic E-state index is 0.833. The summed E-state index contributed by atoms with van der Waals surface area (Å²) in [5.41, 5.74) is 2.78. The highest BCUT2D eigenvalue weighted by atomic mass is 16.4. The van der Waals surface area contributed by atoms with E-state index < -0.39 is 5.97 Å². The van der Waals surface area contributed by atoms with E-state index in [1.54, 1.807) is 0 Å². The number of hydrogen-bond donors (Lipinski definition) is 2. The summed E-state index contributed by atoms with van der Waals surface area (Å²) in [4.78, 5) is 11.5. The Morgan fingerprint density at radius 2 is 1.94 bits per heavy atom. The molecule has 0 aliphatic carbocycles. The number of carbonyl (C=O) groups is 1. The Hall–Kier alpha value is -1.55. The summed E-state index contributed by atoms with van der Waals surface area (Å²) >= 11 is 0. The van der Waals surface area contributed by atoms with Gasteiger partial charge in [-0.15, -0.1) is 0 Å². The second-order valence-electron chi connectivity index (χ2n) is 4.40. The highest BCUT2D eigenvalue weighted by molar-refractivity contribution is 5.62. The van der Waals surface area contributed by atoms with Gasteiger partial charge in [0.15, 0.2) is 0 Å². The molecule has 1 saturated heterocycles. The van der Waals surface area contributed by atoms with Gasteiger partial charge in [-0.2, -0.15) is 0 Å². The van der Waals surface area contributed by atoms with Crippen LogP contribution < -0.4 is 10.2 Å². The quantitative estimate of drug-likeness (QED) is 0.799. The lowest BCUT2D eigenvalue weighted by Crippen LogP contribution is -2.28. The van der Waals surface area contributed by atoms with Crippen LogP contribution in [0.15, 0.2) is 24.3 Å². The predicted octanol–water partition coefficient (Wildman–Crippen LogP) is 1.89. The zero-order valence-electron chi connectivity index (χ0n) is 11.1. The molecule has 0 amide bonds. The van der Waals surface area contributed by atoms with E-state index in [1.807, 2.05) is 0 Å². The molecule has 1 aliphatic rings. The van der Waals surface area contributed by atoms with E-state index in [0.29, 0.717) is 0 Å². The first-order valence-electron chi connectivity index (χ1n) is 6.32. The number of nitrogens with one attached hydrogen (secondary N) is 1. The van der Waals surface area contributed by atoms with Crippen LogP contribution in [0.25, 0.3) is 0 Å². The van der Waals surface area contributed by atoms with E-state index in [9.17, 15) is 0 Å². The van der Waals surface area contributed by atoms with E-state index in [2.05, 4.69) is 41.4 Å². The highest BCUT2D eigenvalue weighted by Gasteiger charge is 2.10. The number of carboxylic acids is 1. The fraction of sp³-hybridized carbons (Fsp3) is 0.500. The molecule has 100 valence electrons. The van der Waals surface area contributed by atoms with E-state index >= 15 is 0 Å². The Bertz CT molecular complexity index is 368. The average molecular weight is 250 g/mol. The van der Waals surface area contributed by atoms with Crippen LogP contribution in [0.4, 0.5) is 5.69 Å². The zero-order chi connectivity index (χ0) is 13.4. The van der Waals surface area contributed by atoms with Gasteiger partial charge in [0.25, 0.3) is 5.97 Å². The summed E-state index contributed by atoms with van der Waals surface area (Å²) in [6.45, 7) is 7.84. The van der Waals surface area contributed by atoms with Crippen molar-refractivity contribution in [2.24, 2.45) is 0 Å². The predicted molar refractivity (Wildman–Crippen MR) is 74.2 cm³/mol. The van der Waals surface area contributed by atoms with Crippen molar-refractivity contribution in [3.05, 3.63) is 29.8 Å². The van der Waals surface area contributed by atoms with Gasteiger partial charge < -0.3 is 15.3 Å². The van der Waals surface area contributed by atoms with E-state index in [1.165, 1.54) is 24.2 Å². The second kappa shape index (κ2) is 7.71. The molecule has 0 atom stereocenters. The molecule has 1 aliphatic heterocycles. The third kappa shape index (κ3) is 5.19. The smallest absolute Gasteiger partial charge is 0.300 e. The summed E-state index contributed by atoms with van der Waals surface area (Å²) in [5, 5.41) is 10.8. The Morgan fingerprint density at radius 1 is 1.28 bits per heavy atom. The number of anilines is 1. The summed E-state index contributed by atoms with van der Waals surface area (Å²) in [7, 11) is 0. The maximum Gasteiger partial charge on any atom is 0.300 e. The Balaban J connectivity index is 0.000000357. The monoisotopic (exact) mass is 250 g/mol. The number of nitrogens with zero attached hydrogens (tertiary/aromatic N) is 1. The Labute approximate surface area is 109 Å². The second-order valence-corrected chi connectivity index (χ2v) is 4.40. The van der Waals surface area contributed by atoms with Crippen LogP contribution in [0.5, 0.6) is 0 Å². The van der Waals surface area contributed by atoms with Gasteiger partial charge in [-0.1, -0.05) is 18.2 Å². The van der Waals surface area contributed by atoms with Gasteiger partial charge in [0.05, 0.1) is 0 Å². The molecule has 2 N–H and O–H groups in total. The minimum atomic E-state index is -0.833. The molecular weight excluding hydrogens is 228 g/mol. The molecule has 2 rings (SSSR count). The summed E-state index contributed by atoms with van der Waals surface area (Å²) < 4.78 is 0. The van der Waals surface area contributed by atoms with Crippen LogP contribution in [0, 0.1) is 6.92 Å². The summed E-state index contributed by atoms with van der Waals surface area (Å²) in [5.74, 6) is -0.833. The number of para-hydroxylation sites is 1. The molecule has 1 heterocycles. The lowest BCUT2D eigenvalue weighted by atomic mass is 10.2. The SMILES string of the molecule is CC(=O)O.Cc1ccccc1N1CCCNCC1. The van der Waals surface area contributed by atoms with Crippen LogP contribution in [0.3, 0.4) is 0 Å². The first-order valence-corrected chi connectivity index (χ1v) is 6.32. The number of rotatable bonds is 1. The molecule has 0 unspecified atom stereocenters. The molecule has 0 saturated carbocycles. The van der Waals surface area contributed by atoms with E-state index in [4.69, 9.17) is 9.90 Å². The minimum Gasteiger partial charge on any atom is -0.481 e. The van der Waals surface area contributed by atoms with E-state index in [-0.39, 0.29) is 0 Å². The molecule has 0 radical (unpaired) electrons. The van der Waals surface area contributed by atoms with Crippen LogP contribution in [-0.4, -0.2) is 37.3 Å². The molecule has 1 aromatic carbocycles. The molecule has 0 bridgehead atoms. The molecular formula is C14H22N2O2. The van der Waals surface area contributed by atoms with Crippen molar-refractivity contribution in [1.29, 1.82) is 0 Å². The Kier molecular flexibility index (Phi) is 6.22. The molecule has 1 fully saturated rings. The molecule has 1 aromatic rings. The van der Waals surface area contributed by atoms with Gasteiger partial charge in [-0.05, 0) is 31.5 Å². The lowest BCUT2D eigenvalue weighted by molar-refractivity contribution is -0.134. The van der Waals surface area contributed by atoms with Crippen molar-refractivity contribution in [3.8, 4) is 0 Å². The third-order valence-corrected chi connectivity index (χ3v) is 2.80. The van der Waals surface area contributed by atoms with Crippen LogP contribution >= 0.6 is 0 Å². The van der Waals surface area contributed by atoms with Gasteiger partial charge in [0.2, 0.25) is 0 Å². The van der Waals surface area contributed by atoms with Gasteiger partial charge in [0, 0.05) is 32.2 Å². The number of aryl methyl sites for hydroxylation is 1. The lowest BCUT2D eigenvalue weighted by Gasteiger charge is -2.24. The fourth-order valence-electron chi connectivity index (χ4n) is 2.00. The van der Waals surface area contributed by atoms with Crippen LogP contribution in [0.1, 0.15) is 18.9 Å². The van der Waals surface area contributed by atoms with Gasteiger partial charge >= 0.3 is 0 Å². The van der Waals surface area contributed by atoms with Crippen molar-refractivity contribution >= 4 is 11.7 Å². The number of carboxylic acid groups (broad SMARTS) is 1. The summed E-state index contributed by atoms with van der Waals surface area (Å²) in [6, 6.07) is 8.64. The van der Waals surface area contributed by atoms with Crippen molar-refractivity contribution in [2.75, 3.05) is 31.1 Å². The standard InChI is InChI=1S/C12H18N2.C2H4O2/c1-11-5-2-3-6-12(11)14-9-4-7-13-8-10-14;1-2(3)4/h2-3,5-6,13H,4,7-10H2,1H3;1H3,(H,3,4). The van der Waals surface area contributed by atoms with E-state index in [0.717, 1.165) is 26.6 Å². The van der Waals surface area contributed by atoms with Crippen molar-refractivity contribution in [1.82, 2.24) is 5.32 Å². The molecule has 4 heteroatoms. The van der Waals surface area contributed by atoms with Crippen molar-refractivity contribution < 1.29 is 9.90 Å². The molecule has 0 spiro atoms. The maximum atomic E-state index is 9.00. The number of benzene rings is 1. The maximum absolute atomic E-state index is 9.00. The van der Waals surface area contributed by atoms with Crippen LogP contribution in [0.2, 0.25) is 0 Å². The van der Waals surface area contributed by atoms with Crippen LogP contribution in [-0.2, 0) is 4.79 Å². The first-order chi connectivity index (χ1) is 8.61. The van der Waals surface area contributed by atoms with Gasteiger partial charge in [0.1, 0.15) is 0 Å². The normalized spacial score (nSPS) is 15.3. The number of aliphatic carboxylic acids is 1. The van der Waals surface area contributed by atoms with Crippen molar-refractivity contribution in [3.63, 3.8) is 0 Å². The fourth-order valence-corrected chi connectivity index (χ4v) is 2.00. The largest absolute Gasteiger partial charge is 0.481 e. The Morgan fingerprint density at radius 3 is 2.61 bits per heavy atom. The zero-order valence-corrected chi connectivity index (χ0v) is 11.1. The highest BCUT2D eigenvalue weighted by Crippen LogP contribution is 2.19. The van der Waals surface area contributed by atoms with Crippen molar-refractivity contribution in [2.45, 2.75) is 20.3 Å². The molecule has 4 nitrogen and oxygen atoms in total.